The standard InChI is InChI=1S/C52H57FN8O10S2/c1-52(2,30-45(62)58-57-43-17-25-70-44-28-38(13-14-39(43)44)69-24-4-6-49(66)71-61-47(64)15-16-48(61)65)73-72-26-18-46(63)60-22-20-59(21-23-60)37-11-8-33(9-12-37)50(67)55-32-35-7-10-36(27-42(35)53)56-51(68)41-29-40(41)34-5-3-19-54-31-34/h3,5,7-14,19,27-28,31,40-41H,4,6,15-18,20-26,29-30,32H2,1-2H3,(H,55,67)(H,56,68)(H,58,62)/b57-43+/t40-,41+/m1/s1. The van der Waals surface area contributed by atoms with E-state index in [1.54, 1.807) is 76.4 Å². The van der Waals surface area contributed by atoms with E-state index in [1.165, 1.54) is 6.07 Å². The molecule has 0 spiro atoms. The number of amides is 6. The molecule has 0 unspecified atom stereocenters. The number of ether oxygens (including phenoxy) is 2. The number of pyridine rings is 1. The van der Waals surface area contributed by atoms with E-state index in [0.717, 1.165) is 23.2 Å². The topological polar surface area (TPSA) is 218 Å². The van der Waals surface area contributed by atoms with Gasteiger partial charge < -0.3 is 34.7 Å². The predicted molar refractivity (Wildman–Crippen MR) is 273 cm³/mol. The number of halogens is 1. The van der Waals surface area contributed by atoms with Gasteiger partial charge in [-0.25, -0.2) is 14.6 Å². The van der Waals surface area contributed by atoms with Crippen LogP contribution in [0.5, 0.6) is 11.5 Å². The fourth-order valence-corrected chi connectivity index (χ4v) is 11.0. The summed E-state index contributed by atoms with van der Waals surface area (Å²) in [5.41, 5.74) is 7.11. The maximum atomic E-state index is 15.0. The van der Waals surface area contributed by atoms with E-state index in [0.29, 0.717) is 96.9 Å². The highest BCUT2D eigenvalue weighted by Gasteiger charge is 2.44. The molecule has 4 heterocycles. The SMILES string of the molecule is CC(C)(CC(=O)N/N=C1\CCOc2cc(OCCCC(=O)ON3C(=O)CCC3=O)ccc21)SSCCC(=O)N1CCN(c2ccc(C(=O)NCc3ccc(NC(=O)[C@H]4C[C@@H]4c4cccnc4)cc3F)cc2)CC1. The second-order valence-electron chi connectivity index (χ2n) is 18.6. The second-order valence-corrected chi connectivity index (χ2v) is 21.7. The molecule has 0 bridgehead atoms. The molecule has 1 aliphatic carbocycles. The molecule has 1 aromatic heterocycles. The predicted octanol–water partition coefficient (Wildman–Crippen LogP) is 6.55. The van der Waals surface area contributed by atoms with Gasteiger partial charge in [0, 0.05) is 128 Å². The van der Waals surface area contributed by atoms with Crippen LogP contribution in [-0.4, -0.2) is 112 Å². The number of benzene rings is 3. The van der Waals surface area contributed by atoms with Crippen molar-refractivity contribution in [1.82, 2.24) is 25.7 Å². The van der Waals surface area contributed by atoms with Gasteiger partial charge in [-0.3, -0.25) is 33.8 Å². The first kappa shape index (κ1) is 52.3. The van der Waals surface area contributed by atoms with Crippen molar-refractivity contribution in [2.24, 2.45) is 11.0 Å². The first-order chi connectivity index (χ1) is 35.2. The Kier molecular flexibility index (Phi) is 17.3. The average Bonchev–Trinajstić information content (AvgIpc) is 4.14. The molecule has 3 fully saturated rings. The van der Waals surface area contributed by atoms with E-state index in [-0.39, 0.29) is 74.3 Å². The second kappa shape index (κ2) is 24.1. The van der Waals surface area contributed by atoms with Gasteiger partial charge in [-0.05, 0) is 92.8 Å². The molecule has 73 heavy (non-hydrogen) atoms. The van der Waals surface area contributed by atoms with Crippen molar-refractivity contribution < 1.29 is 52.3 Å². The highest BCUT2D eigenvalue weighted by Crippen LogP contribution is 2.47. The first-order valence-electron chi connectivity index (χ1n) is 24.2. The maximum Gasteiger partial charge on any atom is 0.333 e. The fourth-order valence-electron chi connectivity index (χ4n) is 8.51. The molecule has 384 valence electrons. The quantitative estimate of drug-likeness (QED) is 0.0349. The van der Waals surface area contributed by atoms with Crippen molar-refractivity contribution >= 4 is 80.1 Å². The largest absolute Gasteiger partial charge is 0.493 e. The number of rotatable bonds is 21. The Hall–Kier alpha value is -7.00. The fraction of sp³-hybridized carbons (Fsp3) is 0.404. The number of anilines is 2. The first-order valence-corrected chi connectivity index (χ1v) is 26.5. The van der Waals surface area contributed by atoms with E-state index < -0.39 is 28.3 Å². The van der Waals surface area contributed by atoms with E-state index >= 15 is 4.39 Å². The number of aromatic nitrogens is 1. The number of hydrogen-bond donors (Lipinski definition) is 3. The Bertz CT molecular complexity index is 2720. The molecule has 4 aromatic rings. The molecular weight excluding hydrogens is 980 g/mol. The van der Waals surface area contributed by atoms with Crippen molar-refractivity contribution in [2.75, 3.05) is 55.4 Å². The van der Waals surface area contributed by atoms with Crippen LogP contribution in [0.4, 0.5) is 15.8 Å². The van der Waals surface area contributed by atoms with E-state index in [9.17, 15) is 33.6 Å². The summed E-state index contributed by atoms with van der Waals surface area (Å²) in [5, 5.41) is 10.5. The molecule has 3 aromatic carbocycles. The lowest BCUT2D eigenvalue weighted by molar-refractivity contribution is -0.197. The van der Waals surface area contributed by atoms with Crippen LogP contribution in [0.2, 0.25) is 0 Å². The van der Waals surface area contributed by atoms with Crippen LogP contribution in [0.25, 0.3) is 0 Å². The average molecular weight is 1040 g/mol. The Morgan fingerprint density at radius 1 is 0.932 bits per heavy atom. The van der Waals surface area contributed by atoms with Gasteiger partial charge in [0.05, 0.1) is 25.3 Å². The smallest absolute Gasteiger partial charge is 0.333 e. The summed E-state index contributed by atoms with van der Waals surface area (Å²) < 4.78 is 26.2. The van der Waals surface area contributed by atoms with E-state index in [4.69, 9.17) is 14.3 Å². The van der Waals surface area contributed by atoms with Crippen molar-refractivity contribution in [3.05, 3.63) is 113 Å². The number of carbonyl (C=O) groups is 7. The van der Waals surface area contributed by atoms with Gasteiger partial charge in [0.2, 0.25) is 17.7 Å². The Morgan fingerprint density at radius 3 is 2.45 bits per heavy atom. The molecule has 8 rings (SSSR count). The molecule has 21 heteroatoms. The Morgan fingerprint density at radius 2 is 1.71 bits per heavy atom. The minimum absolute atomic E-state index is 0.0219. The lowest BCUT2D eigenvalue weighted by Crippen LogP contribution is -2.48. The van der Waals surface area contributed by atoms with Gasteiger partial charge in [0.15, 0.2) is 0 Å². The molecule has 4 aliphatic rings. The lowest BCUT2D eigenvalue weighted by Gasteiger charge is -2.36. The summed E-state index contributed by atoms with van der Waals surface area (Å²) >= 11 is 0. The van der Waals surface area contributed by atoms with Crippen LogP contribution >= 0.6 is 21.6 Å². The van der Waals surface area contributed by atoms with Gasteiger partial charge in [-0.1, -0.05) is 33.7 Å². The van der Waals surface area contributed by atoms with Gasteiger partial charge in [-0.15, -0.1) is 5.06 Å². The van der Waals surface area contributed by atoms with E-state index in [2.05, 4.69) is 31.0 Å². The highest BCUT2D eigenvalue weighted by atomic mass is 33.1. The Balaban J connectivity index is 0.687. The van der Waals surface area contributed by atoms with Crippen molar-refractivity contribution in [2.45, 2.75) is 82.4 Å². The molecule has 18 nitrogen and oxygen atoms in total. The van der Waals surface area contributed by atoms with Crippen LogP contribution in [0.3, 0.4) is 0 Å². The number of hydrogen-bond acceptors (Lipinski definition) is 15. The Labute approximate surface area is 429 Å². The number of fused-ring (bicyclic) bond motifs is 1. The number of nitrogens with one attached hydrogen (secondary N) is 3. The molecule has 0 radical (unpaired) electrons. The summed E-state index contributed by atoms with van der Waals surface area (Å²) in [6.45, 7) is 6.87. The minimum Gasteiger partial charge on any atom is -0.493 e. The number of carbonyl (C=O) groups excluding carboxylic acids is 7. The summed E-state index contributed by atoms with van der Waals surface area (Å²) in [6, 6.07) is 20.7. The van der Waals surface area contributed by atoms with Crippen LogP contribution in [-0.2, 0) is 40.1 Å². The molecule has 2 atom stereocenters. The van der Waals surface area contributed by atoms with Crippen molar-refractivity contribution in [3.8, 4) is 11.5 Å². The molecule has 1 saturated carbocycles. The zero-order valence-electron chi connectivity index (χ0n) is 40.6. The third kappa shape index (κ3) is 14.4. The maximum absolute atomic E-state index is 15.0. The zero-order valence-corrected chi connectivity index (χ0v) is 42.2. The molecule has 6 amide bonds. The van der Waals surface area contributed by atoms with Crippen LogP contribution in [0.15, 0.2) is 90.3 Å². The molecule has 2 saturated heterocycles. The number of piperazine rings is 1. The normalized spacial score (nSPS) is 17.9. The molecule has 3 N–H and O–H groups in total. The number of imide groups is 1. The third-order valence-electron chi connectivity index (χ3n) is 12.6. The third-order valence-corrected chi connectivity index (χ3v) is 15.9. The number of nitrogens with zero attached hydrogens (tertiary/aromatic N) is 5. The summed E-state index contributed by atoms with van der Waals surface area (Å²) in [5.74, 6) is -1.38. The lowest BCUT2D eigenvalue weighted by atomic mass is 10.0. The number of hydroxylamine groups is 2. The van der Waals surface area contributed by atoms with Gasteiger partial charge in [0.1, 0.15) is 17.3 Å². The van der Waals surface area contributed by atoms with Crippen molar-refractivity contribution in [3.63, 3.8) is 0 Å². The van der Waals surface area contributed by atoms with E-state index in [1.807, 2.05) is 43.0 Å². The molecule has 3 aliphatic heterocycles. The van der Waals surface area contributed by atoms with Crippen LogP contribution in [0, 0.1) is 11.7 Å². The monoisotopic (exact) mass is 1040 g/mol. The summed E-state index contributed by atoms with van der Waals surface area (Å²) in [6.07, 6.45) is 5.55. The zero-order chi connectivity index (χ0) is 51.5. The van der Waals surface area contributed by atoms with Crippen LogP contribution < -0.4 is 30.4 Å². The van der Waals surface area contributed by atoms with Gasteiger partial charge >= 0.3 is 5.97 Å². The van der Waals surface area contributed by atoms with Gasteiger partial charge in [0.25, 0.3) is 17.7 Å². The van der Waals surface area contributed by atoms with Crippen molar-refractivity contribution in [1.29, 1.82) is 0 Å². The summed E-state index contributed by atoms with van der Waals surface area (Å²) in [7, 11) is 3.11. The number of hydrazone groups is 1. The molecular formula is C52H57FN8O10S2. The van der Waals surface area contributed by atoms with Gasteiger partial charge in [-0.2, -0.15) is 5.10 Å². The minimum atomic E-state index is -0.693. The summed E-state index contributed by atoms with van der Waals surface area (Å²) in [4.78, 5) is 100. The highest BCUT2D eigenvalue weighted by molar-refractivity contribution is 8.77. The van der Waals surface area contributed by atoms with Crippen LogP contribution in [0.1, 0.15) is 98.2 Å².